The van der Waals surface area contributed by atoms with Crippen LogP contribution in [-0.4, -0.2) is 18.0 Å². The van der Waals surface area contributed by atoms with Crippen LogP contribution in [-0.2, 0) is 9.53 Å². The van der Waals surface area contributed by atoms with E-state index in [9.17, 15) is 4.79 Å². The van der Waals surface area contributed by atoms with E-state index in [4.69, 9.17) is 4.74 Å². The van der Waals surface area contributed by atoms with E-state index in [0.29, 0.717) is 18.8 Å². The summed E-state index contributed by atoms with van der Waals surface area (Å²) < 4.78 is 5.83. The number of unbranched alkanes of at least 4 members (excludes halogenated alkanes) is 1. The maximum atomic E-state index is 12.3. The van der Waals surface area contributed by atoms with E-state index in [1.54, 1.807) is 0 Å². The fourth-order valence-corrected chi connectivity index (χ4v) is 2.57. The highest BCUT2D eigenvalue weighted by atomic mass is 16.5. The number of carbonyl (C=O) groups is 1. The maximum Gasteiger partial charge on any atom is 0.164 e. The Bertz CT molecular complexity index is 215. The van der Waals surface area contributed by atoms with Crippen molar-refractivity contribution in [1.82, 2.24) is 0 Å². The van der Waals surface area contributed by atoms with Crippen molar-refractivity contribution in [3.05, 3.63) is 0 Å². The normalized spacial score (nSPS) is 30.3. The molecule has 2 heteroatoms. The maximum absolute atomic E-state index is 12.3. The first-order valence-corrected chi connectivity index (χ1v) is 6.82. The third-order valence-corrected chi connectivity index (χ3v) is 3.77. The van der Waals surface area contributed by atoms with Gasteiger partial charge in [0.15, 0.2) is 5.78 Å². The van der Waals surface area contributed by atoms with Gasteiger partial charge < -0.3 is 4.74 Å². The van der Waals surface area contributed by atoms with Gasteiger partial charge in [0.05, 0.1) is 0 Å². The van der Waals surface area contributed by atoms with Crippen LogP contribution in [0.25, 0.3) is 0 Å². The number of carbonyl (C=O) groups excluding carboxylic acids is 1. The van der Waals surface area contributed by atoms with E-state index < -0.39 is 5.60 Å². The predicted octanol–water partition coefficient (Wildman–Crippen LogP) is 3.73. The van der Waals surface area contributed by atoms with Gasteiger partial charge in [0.2, 0.25) is 0 Å². The first-order chi connectivity index (χ1) is 7.64. The molecule has 0 radical (unpaired) electrons. The lowest BCUT2D eigenvalue weighted by Gasteiger charge is -2.37. The minimum Gasteiger partial charge on any atom is -0.368 e. The third kappa shape index (κ3) is 3.31. The van der Waals surface area contributed by atoms with Gasteiger partial charge in [0, 0.05) is 13.0 Å². The van der Waals surface area contributed by atoms with Gasteiger partial charge in [-0.1, -0.05) is 20.3 Å². The molecule has 0 aromatic carbocycles. The molecule has 1 saturated carbocycles. The molecule has 0 atom stereocenters. The van der Waals surface area contributed by atoms with Gasteiger partial charge in [-0.3, -0.25) is 4.79 Å². The van der Waals surface area contributed by atoms with Crippen molar-refractivity contribution in [1.29, 1.82) is 0 Å². The van der Waals surface area contributed by atoms with E-state index in [-0.39, 0.29) is 0 Å². The number of Topliss-reactive ketones (excluding diaryl/α,β-unsaturated/α-hetero) is 1. The monoisotopic (exact) mass is 226 g/mol. The number of hydrogen-bond acceptors (Lipinski definition) is 2. The van der Waals surface area contributed by atoms with Crippen molar-refractivity contribution in [2.75, 3.05) is 6.61 Å². The Morgan fingerprint density at radius 1 is 1.31 bits per heavy atom. The molecule has 0 heterocycles. The zero-order chi connectivity index (χ0) is 12.0. The van der Waals surface area contributed by atoms with Crippen molar-refractivity contribution >= 4 is 5.78 Å². The predicted molar refractivity (Wildman–Crippen MR) is 66.5 cm³/mol. The van der Waals surface area contributed by atoms with Crippen molar-refractivity contribution < 1.29 is 9.53 Å². The third-order valence-electron chi connectivity index (χ3n) is 3.77. The Morgan fingerprint density at radius 2 is 1.94 bits per heavy atom. The Morgan fingerprint density at radius 3 is 2.44 bits per heavy atom. The van der Waals surface area contributed by atoms with E-state index in [0.717, 1.165) is 44.4 Å². The summed E-state index contributed by atoms with van der Waals surface area (Å²) in [5.74, 6) is 1.11. The fraction of sp³-hybridized carbons (Fsp3) is 0.929. The number of ether oxygens (including phenoxy) is 1. The summed E-state index contributed by atoms with van der Waals surface area (Å²) in [4.78, 5) is 12.3. The number of hydrogen-bond donors (Lipinski definition) is 0. The molecule has 0 amide bonds. The second-order valence-corrected chi connectivity index (χ2v) is 5.14. The lowest BCUT2D eigenvalue weighted by Crippen LogP contribution is -2.44. The summed E-state index contributed by atoms with van der Waals surface area (Å²) in [7, 11) is 0. The average Bonchev–Trinajstić information content (AvgIpc) is 2.29. The Hall–Kier alpha value is -0.370. The Labute approximate surface area is 99.8 Å². The lowest BCUT2D eigenvalue weighted by molar-refractivity contribution is -0.150. The molecule has 1 rings (SSSR count). The van der Waals surface area contributed by atoms with Crippen molar-refractivity contribution in [2.45, 2.75) is 71.3 Å². The van der Waals surface area contributed by atoms with Gasteiger partial charge in [0.1, 0.15) is 5.60 Å². The van der Waals surface area contributed by atoms with Crippen molar-refractivity contribution in [3.63, 3.8) is 0 Å². The van der Waals surface area contributed by atoms with Crippen LogP contribution in [0.2, 0.25) is 0 Å². The van der Waals surface area contributed by atoms with Crippen molar-refractivity contribution in [3.8, 4) is 0 Å². The van der Waals surface area contributed by atoms with Crippen LogP contribution in [0.3, 0.4) is 0 Å². The quantitative estimate of drug-likeness (QED) is 0.689. The summed E-state index contributed by atoms with van der Waals surface area (Å²) in [5, 5.41) is 0. The van der Waals surface area contributed by atoms with Crippen LogP contribution in [0, 0.1) is 5.92 Å². The highest BCUT2D eigenvalue weighted by Gasteiger charge is 2.40. The zero-order valence-electron chi connectivity index (χ0n) is 11.1. The minimum atomic E-state index is -0.420. The lowest BCUT2D eigenvalue weighted by atomic mass is 9.76. The second kappa shape index (κ2) is 6.39. The SMILES string of the molecule is CCCCC(=O)C1(OCC)CCC(C)CC1. The van der Waals surface area contributed by atoms with Crippen LogP contribution in [0.15, 0.2) is 0 Å². The molecule has 0 spiro atoms. The highest BCUT2D eigenvalue weighted by Crippen LogP contribution is 2.36. The fourth-order valence-electron chi connectivity index (χ4n) is 2.57. The molecule has 0 saturated heterocycles. The molecule has 1 fully saturated rings. The van der Waals surface area contributed by atoms with Gasteiger partial charge in [-0.25, -0.2) is 0 Å². The van der Waals surface area contributed by atoms with E-state index in [2.05, 4.69) is 13.8 Å². The highest BCUT2D eigenvalue weighted by molar-refractivity contribution is 5.87. The topological polar surface area (TPSA) is 26.3 Å². The van der Waals surface area contributed by atoms with Crippen LogP contribution in [0.1, 0.15) is 65.7 Å². The summed E-state index contributed by atoms with van der Waals surface area (Å²) in [6.07, 6.45) is 6.93. The molecule has 16 heavy (non-hydrogen) atoms. The molecule has 0 N–H and O–H groups in total. The van der Waals surface area contributed by atoms with Crippen molar-refractivity contribution in [2.24, 2.45) is 5.92 Å². The smallest absolute Gasteiger partial charge is 0.164 e. The molecule has 2 nitrogen and oxygen atoms in total. The first-order valence-electron chi connectivity index (χ1n) is 6.82. The van der Waals surface area contributed by atoms with Gasteiger partial charge >= 0.3 is 0 Å². The van der Waals surface area contributed by atoms with Gasteiger partial charge in [0.25, 0.3) is 0 Å². The van der Waals surface area contributed by atoms with Gasteiger partial charge in [-0.15, -0.1) is 0 Å². The average molecular weight is 226 g/mol. The van der Waals surface area contributed by atoms with Crippen LogP contribution in [0.5, 0.6) is 0 Å². The van der Waals surface area contributed by atoms with Crippen LogP contribution < -0.4 is 0 Å². The largest absolute Gasteiger partial charge is 0.368 e. The van der Waals surface area contributed by atoms with E-state index in [1.807, 2.05) is 6.92 Å². The van der Waals surface area contributed by atoms with E-state index >= 15 is 0 Å². The molecule has 1 aliphatic rings. The minimum absolute atomic E-state index is 0.350. The summed E-state index contributed by atoms with van der Waals surface area (Å²) in [6.45, 7) is 7.05. The summed E-state index contributed by atoms with van der Waals surface area (Å²) in [5.41, 5.74) is -0.420. The van der Waals surface area contributed by atoms with Gasteiger partial charge in [-0.05, 0) is 44.9 Å². The molecule has 0 bridgehead atoms. The first kappa shape index (κ1) is 13.7. The Kier molecular flexibility index (Phi) is 5.47. The molecule has 0 aliphatic heterocycles. The van der Waals surface area contributed by atoms with Gasteiger partial charge in [-0.2, -0.15) is 0 Å². The van der Waals surface area contributed by atoms with E-state index in [1.165, 1.54) is 0 Å². The zero-order valence-corrected chi connectivity index (χ0v) is 11.1. The molecular weight excluding hydrogens is 200 g/mol. The Balaban J connectivity index is 2.61. The molecular formula is C14H26O2. The van der Waals surface area contributed by atoms with Crippen LogP contribution >= 0.6 is 0 Å². The second-order valence-electron chi connectivity index (χ2n) is 5.14. The molecule has 0 aromatic heterocycles. The summed E-state index contributed by atoms with van der Waals surface area (Å²) >= 11 is 0. The molecule has 1 aliphatic carbocycles. The molecule has 0 unspecified atom stereocenters. The molecule has 0 aromatic rings. The van der Waals surface area contributed by atoms with Crippen LogP contribution in [0.4, 0.5) is 0 Å². The standard InChI is InChI=1S/C14H26O2/c1-4-6-7-13(15)14(16-5-2)10-8-12(3)9-11-14/h12H,4-11H2,1-3H3. The number of rotatable bonds is 6. The summed E-state index contributed by atoms with van der Waals surface area (Å²) in [6, 6.07) is 0. The molecule has 94 valence electrons. The number of ketones is 1.